The maximum absolute atomic E-state index is 12.5. The Morgan fingerprint density at radius 2 is 2.04 bits per heavy atom. The first kappa shape index (κ1) is 19.4. The van der Waals surface area contributed by atoms with Gasteiger partial charge in [0.15, 0.2) is 0 Å². The Morgan fingerprint density at radius 1 is 1.30 bits per heavy atom. The van der Waals surface area contributed by atoms with Crippen molar-refractivity contribution in [3.63, 3.8) is 0 Å². The maximum Gasteiger partial charge on any atom is 0.341 e. The Balaban J connectivity index is 1.81. The van der Waals surface area contributed by atoms with E-state index in [-0.39, 0.29) is 11.9 Å². The lowest BCUT2D eigenvalue weighted by atomic mass is 9.88. The molecule has 142 valence electrons. The first-order chi connectivity index (χ1) is 13.0. The van der Waals surface area contributed by atoms with Crippen LogP contribution in [0, 0.1) is 12.8 Å². The van der Waals surface area contributed by atoms with Crippen LogP contribution in [0.15, 0.2) is 30.3 Å². The summed E-state index contributed by atoms with van der Waals surface area (Å²) in [6.45, 7) is 6.35. The molecular formula is C22H25NO3S. The predicted molar refractivity (Wildman–Crippen MR) is 110 cm³/mol. The molecule has 0 saturated carbocycles. The molecule has 1 N–H and O–H groups in total. The Morgan fingerprint density at radius 3 is 2.74 bits per heavy atom. The van der Waals surface area contributed by atoms with E-state index in [1.54, 1.807) is 13.0 Å². The van der Waals surface area contributed by atoms with Gasteiger partial charge in [-0.15, -0.1) is 11.3 Å². The molecule has 2 aromatic rings. The number of carbonyl (C=O) groups is 2. The molecule has 1 atom stereocenters. The van der Waals surface area contributed by atoms with Crippen LogP contribution in [0.2, 0.25) is 0 Å². The van der Waals surface area contributed by atoms with Gasteiger partial charge in [-0.3, -0.25) is 4.79 Å². The number of anilines is 1. The van der Waals surface area contributed by atoms with Gasteiger partial charge in [-0.1, -0.05) is 36.8 Å². The van der Waals surface area contributed by atoms with E-state index in [0.717, 1.165) is 30.4 Å². The molecule has 1 aromatic heterocycles. The number of esters is 1. The molecule has 0 bridgehead atoms. The van der Waals surface area contributed by atoms with Crippen molar-refractivity contribution in [2.24, 2.45) is 5.92 Å². The fourth-order valence-electron chi connectivity index (χ4n) is 3.26. The van der Waals surface area contributed by atoms with Crippen molar-refractivity contribution >= 4 is 34.3 Å². The number of ether oxygens (including phenoxy) is 1. The number of hydrogen-bond acceptors (Lipinski definition) is 4. The average Bonchev–Trinajstić information content (AvgIpc) is 2.98. The number of thiophene rings is 1. The number of benzene rings is 1. The lowest BCUT2D eigenvalue weighted by Gasteiger charge is -2.18. The zero-order valence-electron chi connectivity index (χ0n) is 16.0. The van der Waals surface area contributed by atoms with Gasteiger partial charge in [0.05, 0.1) is 12.2 Å². The molecular weight excluding hydrogens is 358 g/mol. The number of carbonyl (C=O) groups excluding carboxylic acids is 2. The van der Waals surface area contributed by atoms with Crippen LogP contribution in [0.4, 0.5) is 5.00 Å². The van der Waals surface area contributed by atoms with Crippen LogP contribution in [-0.2, 0) is 22.4 Å². The number of hydrogen-bond donors (Lipinski definition) is 1. The van der Waals surface area contributed by atoms with Crippen LogP contribution in [0.25, 0.3) is 6.08 Å². The molecule has 0 fully saturated rings. The molecule has 1 unspecified atom stereocenters. The summed E-state index contributed by atoms with van der Waals surface area (Å²) < 4.78 is 5.24. The molecule has 0 spiro atoms. The monoisotopic (exact) mass is 383 g/mol. The van der Waals surface area contributed by atoms with Gasteiger partial charge in [0.25, 0.3) is 0 Å². The highest BCUT2D eigenvalue weighted by atomic mass is 32.1. The number of fused-ring (bicyclic) bond motifs is 1. The summed E-state index contributed by atoms with van der Waals surface area (Å²) in [6.07, 6.45) is 6.13. The Hall–Kier alpha value is -2.40. The van der Waals surface area contributed by atoms with Crippen LogP contribution in [0.3, 0.4) is 0 Å². The minimum Gasteiger partial charge on any atom is -0.462 e. The van der Waals surface area contributed by atoms with Gasteiger partial charge in [-0.2, -0.15) is 0 Å². The molecule has 4 nitrogen and oxygen atoms in total. The van der Waals surface area contributed by atoms with Gasteiger partial charge in [0.1, 0.15) is 5.00 Å². The Bertz CT molecular complexity index is 864. The summed E-state index contributed by atoms with van der Waals surface area (Å²) in [5.41, 5.74) is 3.73. The van der Waals surface area contributed by atoms with E-state index in [9.17, 15) is 9.59 Å². The normalized spacial score (nSPS) is 16.2. The zero-order valence-corrected chi connectivity index (χ0v) is 16.8. The van der Waals surface area contributed by atoms with Crippen LogP contribution in [0.1, 0.15) is 52.2 Å². The second-order valence-electron chi connectivity index (χ2n) is 7.01. The summed E-state index contributed by atoms with van der Waals surface area (Å²) in [4.78, 5) is 26.1. The van der Waals surface area contributed by atoms with Crippen molar-refractivity contribution < 1.29 is 14.3 Å². The standard InChI is InChI=1S/C22H25NO3S/c1-4-26-22(25)20-17-11-7-15(3)13-18(17)27-21(20)23-19(24)12-10-16-8-5-14(2)6-9-16/h5-6,8-10,12,15H,4,7,11,13H2,1-3H3,(H,23,24)/b12-10+. The third kappa shape index (κ3) is 4.66. The van der Waals surface area contributed by atoms with Crippen LogP contribution in [0.5, 0.6) is 0 Å². The van der Waals surface area contributed by atoms with E-state index in [1.807, 2.05) is 31.2 Å². The summed E-state index contributed by atoms with van der Waals surface area (Å²) in [6, 6.07) is 7.94. The topological polar surface area (TPSA) is 55.4 Å². The second kappa shape index (κ2) is 8.53. The molecule has 0 aliphatic heterocycles. The lowest BCUT2D eigenvalue weighted by molar-refractivity contribution is -0.111. The zero-order chi connectivity index (χ0) is 19.4. The number of nitrogens with one attached hydrogen (secondary N) is 1. The smallest absolute Gasteiger partial charge is 0.341 e. The van der Waals surface area contributed by atoms with Crippen molar-refractivity contribution in [3.8, 4) is 0 Å². The second-order valence-corrected chi connectivity index (χ2v) is 8.11. The number of amides is 1. The third-order valence-electron chi connectivity index (χ3n) is 4.73. The SMILES string of the molecule is CCOC(=O)c1c(NC(=O)/C=C/c2ccc(C)cc2)sc2c1CCC(C)C2. The molecule has 1 aromatic carbocycles. The Labute approximate surface area is 164 Å². The first-order valence-electron chi connectivity index (χ1n) is 9.35. The number of rotatable bonds is 5. The number of aryl methyl sites for hydroxylation is 1. The molecule has 3 rings (SSSR count). The minimum absolute atomic E-state index is 0.243. The van der Waals surface area contributed by atoms with Crippen molar-refractivity contribution in [1.29, 1.82) is 0 Å². The maximum atomic E-state index is 12.5. The fraction of sp³-hybridized carbons (Fsp3) is 0.364. The van der Waals surface area contributed by atoms with Crippen molar-refractivity contribution in [3.05, 3.63) is 57.5 Å². The highest BCUT2D eigenvalue weighted by Crippen LogP contribution is 2.40. The molecule has 0 saturated heterocycles. The van der Waals surface area contributed by atoms with E-state index in [4.69, 9.17) is 4.74 Å². The largest absolute Gasteiger partial charge is 0.462 e. The van der Waals surface area contributed by atoms with Gasteiger partial charge >= 0.3 is 5.97 Å². The van der Waals surface area contributed by atoms with Crippen molar-refractivity contribution in [2.75, 3.05) is 11.9 Å². The molecule has 27 heavy (non-hydrogen) atoms. The molecule has 1 aliphatic carbocycles. The highest BCUT2D eigenvalue weighted by Gasteiger charge is 2.28. The van der Waals surface area contributed by atoms with Crippen LogP contribution in [-0.4, -0.2) is 18.5 Å². The van der Waals surface area contributed by atoms with E-state index in [2.05, 4.69) is 12.2 Å². The van der Waals surface area contributed by atoms with E-state index in [1.165, 1.54) is 27.9 Å². The van der Waals surface area contributed by atoms with E-state index in [0.29, 0.717) is 23.1 Å². The predicted octanol–water partition coefficient (Wildman–Crippen LogP) is 5.01. The summed E-state index contributed by atoms with van der Waals surface area (Å²) >= 11 is 1.51. The molecule has 1 aliphatic rings. The first-order valence-corrected chi connectivity index (χ1v) is 10.2. The van der Waals surface area contributed by atoms with Gasteiger partial charge < -0.3 is 10.1 Å². The quantitative estimate of drug-likeness (QED) is 0.583. The van der Waals surface area contributed by atoms with Crippen LogP contribution < -0.4 is 5.32 Å². The van der Waals surface area contributed by atoms with E-state index < -0.39 is 0 Å². The van der Waals surface area contributed by atoms with Gasteiger partial charge in [-0.25, -0.2) is 4.79 Å². The summed E-state index contributed by atoms with van der Waals surface area (Å²) in [7, 11) is 0. The Kier molecular flexibility index (Phi) is 6.11. The van der Waals surface area contributed by atoms with Gasteiger partial charge in [-0.05, 0) is 56.2 Å². The molecule has 0 radical (unpaired) electrons. The summed E-state index contributed by atoms with van der Waals surface area (Å²) in [5, 5.41) is 3.50. The third-order valence-corrected chi connectivity index (χ3v) is 5.90. The minimum atomic E-state index is -0.345. The molecule has 1 heterocycles. The van der Waals surface area contributed by atoms with E-state index >= 15 is 0 Å². The molecule has 1 amide bonds. The van der Waals surface area contributed by atoms with Crippen LogP contribution >= 0.6 is 11.3 Å². The highest BCUT2D eigenvalue weighted by molar-refractivity contribution is 7.17. The van der Waals surface area contributed by atoms with Crippen molar-refractivity contribution in [1.82, 2.24) is 0 Å². The lowest BCUT2D eigenvalue weighted by Crippen LogP contribution is -2.15. The van der Waals surface area contributed by atoms with Gasteiger partial charge in [0.2, 0.25) is 5.91 Å². The van der Waals surface area contributed by atoms with Gasteiger partial charge in [0, 0.05) is 11.0 Å². The fourth-order valence-corrected chi connectivity index (χ4v) is 4.66. The van der Waals surface area contributed by atoms with Crippen molar-refractivity contribution in [2.45, 2.75) is 40.0 Å². The summed E-state index contributed by atoms with van der Waals surface area (Å²) in [5.74, 6) is 0.00585. The average molecular weight is 384 g/mol. The molecule has 5 heteroatoms.